The molecule has 0 radical (unpaired) electrons. The molecule has 1 unspecified atom stereocenters. The molecule has 2 aromatic heterocycles. The summed E-state index contributed by atoms with van der Waals surface area (Å²) in [4.78, 5) is 12.5. The van der Waals surface area contributed by atoms with E-state index in [0.717, 1.165) is 17.1 Å². The van der Waals surface area contributed by atoms with Gasteiger partial charge >= 0.3 is 0 Å². The van der Waals surface area contributed by atoms with E-state index in [0.29, 0.717) is 18.4 Å². The second-order valence-electron chi connectivity index (χ2n) is 4.26. The summed E-state index contributed by atoms with van der Waals surface area (Å²) >= 11 is 0. The number of nitrogens with one attached hydrogen (secondary N) is 1. The number of hydrogen-bond donors (Lipinski definition) is 1. The van der Waals surface area contributed by atoms with Crippen LogP contribution in [-0.4, -0.2) is 21.6 Å². The minimum atomic E-state index is -0.0724. The summed E-state index contributed by atoms with van der Waals surface area (Å²) in [5, 5.41) is 3.25. The molecule has 19 heavy (non-hydrogen) atoms. The van der Waals surface area contributed by atoms with E-state index in [2.05, 4.69) is 20.3 Å². The first kappa shape index (κ1) is 13.3. The van der Waals surface area contributed by atoms with Crippen LogP contribution in [-0.2, 0) is 0 Å². The Balaban J connectivity index is 2.16. The predicted octanol–water partition coefficient (Wildman–Crippen LogP) is 2.65. The van der Waals surface area contributed by atoms with E-state index in [-0.39, 0.29) is 6.04 Å². The minimum Gasteiger partial charge on any atom is -0.478 e. The third kappa shape index (κ3) is 3.01. The average molecular weight is 262 g/mol. The zero-order valence-electron chi connectivity index (χ0n) is 11.6. The first-order valence-electron chi connectivity index (χ1n) is 6.25. The second kappa shape index (κ2) is 5.69. The Morgan fingerprint density at radius 1 is 1.32 bits per heavy atom. The summed E-state index contributed by atoms with van der Waals surface area (Å²) in [6.45, 7) is 8.25. The van der Waals surface area contributed by atoms with E-state index in [1.165, 1.54) is 6.33 Å². The molecule has 0 aliphatic rings. The average Bonchev–Trinajstić information content (AvgIpc) is 2.81. The highest BCUT2D eigenvalue weighted by Gasteiger charge is 2.15. The lowest BCUT2D eigenvalue weighted by Crippen LogP contribution is -2.10. The van der Waals surface area contributed by atoms with E-state index in [4.69, 9.17) is 9.15 Å². The summed E-state index contributed by atoms with van der Waals surface area (Å²) in [6, 6.07) is -0.0724. The molecule has 1 N–H and O–H groups in total. The molecule has 102 valence electrons. The molecule has 6 nitrogen and oxygen atoms in total. The van der Waals surface area contributed by atoms with Gasteiger partial charge in [0.1, 0.15) is 23.9 Å². The maximum Gasteiger partial charge on any atom is 0.221 e. The lowest BCUT2D eigenvalue weighted by molar-refractivity contribution is 0.323. The van der Waals surface area contributed by atoms with Crippen molar-refractivity contribution in [3.05, 3.63) is 29.7 Å². The van der Waals surface area contributed by atoms with Crippen LogP contribution in [0.1, 0.15) is 37.1 Å². The van der Waals surface area contributed by atoms with Gasteiger partial charge in [-0.05, 0) is 27.7 Å². The van der Waals surface area contributed by atoms with Crippen LogP contribution in [0.5, 0.6) is 5.88 Å². The van der Waals surface area contributed by atoms with Gasteiger partial charge in [0.05, 0.1) is 18.4 Å². The number of rotatable bonds is 5. The summed E-state index contributed by atoms with van der Waals surface area (Å²) < 4.78 is 10.9. The van der Waals surface area contributed by atoms with Gasteiger partial charge in [0.15, 0.2) is 0 Å². The molecule has 0 amide bonds. The molecule has 0 spiro atoms. The molecule has 0 saturated heterocycles. The van der Waals surface area contributed by atoms with Crippen LogP contribution in [0.4, 0.5) is 5.82 Å². The van der Waals surface area contributed by atoms with E-state index >= 15 is 0 Å². The van der Waals surface area contributed by atoms with Gasteiger partial charge in [-0.3, -0.25) is 0 Å². The van der Waals surface area contributed by atoms with Gasteiger partial charge < -0.3 is 14.5 Å². The predicted molar refractivity (Wildman–Crippen MR) is 71.2 cm³/mol. The van der Waals surface area contributed by atoms with Gasteiger partial charge in [-0.1, -0.05) is 0 Å². The fraction of sp³-hybridized carbons (Fsp3) is 0.462. The van der Waals surface area contributed by atoms with Gasteiger partial charge in [-0.15, -0.1) is 0 Å². The lowest BCUT2D eigenvalue weighted by Gasteiger charge is -2.14. The van der Waals surface area contributed by atoms with Crippen LogP contribution >= 0.6 is 0 Å². The fourth-order valence-corrected chi connectivity index (χ4v) is 1.70. The van der Waals surface area contributed by atoms with Crippen molar-refractivity contribution in [1.82, 2.24) is 15.0 Å². The summed E-state index contributed by atoms with van der Waals surface area (Å²) in [5.41, 5.74) is 0.875. The third-order valence-corrected chi connectivity index (χ3v) is 2.68. The number of hydrogen-bond acceptors (Lipinski definition) is 6. The van der Waals surface area contributed by atoms with Crippen LogP contribution in [0.3, 0.4) is 0 Å². The van der Waals surface area contributed by atoms with Crippen molar-refractivity contribution in [2.24, 2.45) is 0 Å². The second-order valence-corrected chi connectivity index (χ2v) is 4.26. The molecule has 0 aliphatic carbocycles. The van der Waals surface area contributed by atoms with Crippen molar-refractivity contribution in [1.29, 1.82) is 0 Å². The molecule has 2 aromatic rings. The highest BCUT2D eigenvalue weighted by Crippen LogP contribution is 2.24. The monoisotopic (exact) mass is 262 g/mol. The highest BCUT2D eigenvalue weighted by atomic mass is 16.5. The van der Waals surface area contributed by atoms with Crippen LogP contribution in [0, 0.1) is 13.8 Å². The topological polar surface area (TPSA) is 73.1 Å². The first-order chi connectivity index (χ1) is 9.11. The number of aromatic nitrogens is 3. The van der Waals surface area contributed by atoms with Crippen LogP contribution in [0.2, 0.25) is 0 Å². The van der Waals surface area contributed by atoms with Gasteiger partial charge in [-0.2, -0.15) is 0 Å². The zero-order valence-corrected chi connectivity index (χ0v) is 11.6. The molecule has 0 aromatic carbocycles. The number of anilines is 1. The van der Waals surface area contributed by atoms with Crippen molar-refractivity contribution in [3.8, 4) is 5.88 Å². The molecule has 0 bridgehead atoms. The highest BCUT2D eigenvalue weighted by molar-refractivity contribution is 5.48. The van der Waals surface area contributed by atoms with Crippen LogP contribution in [0.15, 0.2) is 16.9 Å². The summed E-state index contributed by atoms with van der Waals surface area (Å²) in [6.07, 6.45) is 3.18. The normalized spacial score (nSPS) is 12.2. The molecule has 2 heterocycles. The Morgan fingerprint density at radius 2 is 2.11 bits per heavy atom. The Labute approximate surface area is 112 Å². The molecular formula is C13H18N4O2. The summed E-state index contributed by atoms with van der Waals surface area (Å²) in [7, 11) is 0. The fourth-order valence-electron chi connectivity index (χ4n) is 1.70. The SMILES string of the molecule is CCOc1ncnc(NC(C)c2ncc(C)o2)c1C. The van der Waals surface area contributed by atoms with Crippen molar-refractivity contribution in [2.45, 2.75) is 33.7 Å². The molecule has 0 fully saturated rings. The number of nitrogens with zero attached hydrogens (tertiary/aromatic N) is 3. The Bertz CT molecular complexity index is 553. The summed E-state index contributed by atoms with van der Waals surface area (Å²) in [5.74, 6) is 2.74. The number of ether oxygens (including phenoxy) is 1. The van der Waals surface area contributed by atoms with Crippen molar-refractivity contribution < 1.29 is 9.15 Å². The van der Waals surface area contributed by atoms with Crippen LogP contribution in [0.25, 0.3) is 0 Å². The maximum atomic E-state index is 5.49. The van der Waals surface area contributed by atoms with Crippen LogP contribution < -0.4 is 10.1 Å². The molecule has 6 heteroatoms. The maximum absolute atomic E-state index is 5.49. The van der Waals surface area contributed by atoms with Gasteiger partial charge in [0.25, 0.3) is 0 Å². The zero-order chi connectivity index (χ0) is 13.8. The minimum absolute atomic E-state index is 0.0724. The van der Waals surface area contributed by atoms with Crippen molar-refractivity contribution >= 4 is 5.82 Å². The Hall–Kier alpha value is -2.11. The molecule has 1 atom stereocenters. The number of oxazole rings is 1. The van der Waals surface area contributed by atoms with E-state index < -0.39 is 0 Å². The van der Waals surface area contributed by atoms with E-state index in [1.54, 1.807) is 6.20 Å². The molecule has 0 aliphatic heterocycles. The van der Waals surface area contributed by atoms with E-state index in [1.807, 2.05) is 27.7 Å². The number of aryl methyl sites for hydroxylation is 1. The Morgan fingerprint density at radius 3 is 2.74 bits per heavy atom. The Kier molecular flexibility index (Phi) is 3.99. The first-order valence-corrected chi connectivity index (χ1v) is 6.25. The molecular weight excluding hydrogens is 244 g/mol. The standard InChI is InChI=1S/C13H18N4O2/c1-5-18-12-9(3)11(15-7-16-12)17-10(4)13-14-6-8(2)19-13/h6-7,10H,5H2,1-4H3,(H,15,16,17). The molecule has 2 rings (SSSR count). The molecule has 0 saturated carbocycles. The van der Waals surface area contributed by atoms with Gasteiger partial charge in [-0.25, -0.2) is 15.0 Å². The largest absolute Gasteiger partial charge is 0.478 e. The smallest absolute Gasteiger partial charge is 0.221 e. The van der Waals surface area contributed by atoms with Crippen molar-refractivity contribution in [2.75, 3.05) is 11.9 Å². The quantitative estimate of drug-likeness (QED) is 0.893. The van der Waals surface area contributed by atoms with E-state index in [9.17, 15) is 0 Å². The van der Waals surface area contributed by atoms with Crippen molar-refractivity contribution in [3.63, 3.8) is 0 Å². The van der Waals surface area contributed by atoms with Gasteiger partial charge in [0.2, 0.25) is 11.8 Å². The van der Waals surface area contributed by atoms with Gasteiger partial charge in [0, 0.05) is 0 Å². The third-order valence-electron chi connectivity index (χ3n) is 2.68. The lowest BCUT2D eigenvalue weighted by atomic mass is 10.3.